The Labute approximate surface area is 153 Å². The van der Waals surface area contributed by atoms with Crippen molar-refractivity contribution in [3.05, 3.63) is 101 Å². The van der Waals surface area contributed by atoms with Crippen LogP contribution >= 0.6 is 0 Å². The molecule has 130 valence electrons. The summed E-state index contributed by atoms with van der Waals surface area (Å²) in [4.78, 5) is 4.75. The highest BCUT2D eigenvalue weighted by atomic mass is 16.3. The topological polar surface area (TPSA) is 38.0 Å². The van der Waals surface area contributed by atoms with Gasteiger partial charge in [0.05, 0.1) is 11.0 Å². The van der Waals surface area contributed by atoms with E-state index in [9.17, 15) is 5.11 Å². The van der Waals surface area contributed by atoms with Crippen LogP contribution in [0.1, 0.15) is 34.2 Å². The molecule has 3 aromatic carbocycles. The Balaban J connectivity index is 1.86. The maximum Gasteiger partial charge on any atom is 0.143 e. The zero-order chi connectivity index (χ0) is 18.1. The zero-order valence-electron chi connectivity index (χ0n) is 15.1. The number of aliphatic hydroxyl groups excluding tert-OH is 1. The van der Waals surface area contributed by atoms with Crippen LogP contribution in [0.5, 0.6) is 0 Å². The fourth-order valence-electron chi connectivity index (χ4n) is 3.39. The number of fused-ring (bicyclic) bond motifs is 1. The molecular weight excluding hydrogens is 320 g/mol. The molecule has 1 N–H and O–H groups in total. The Kier molecular flexibility index (Phi) is 4.31. The molecule has 0 aliphatic carbocycles. The maximum absolute atomic E-state index is 11.0. The molecule has 0 spiro atoms. The lowest BCUT2D eigenvalue weighted by Gasteiger charge is -2.16. The first kappa shape index (κ1) is 16.6. The van der Waals surface area contributed by atoms with E-state index in [4.69, 9.17) is 4.98 Å². The van der Waals surface area contributed by atoms with Crippen LogP contribution in [0.4, 0.5) is 0 Å². The summed E-state index contributed by atoms with van der Waals surface area (Å²) < 4.78 is 2.13. The molecule has 0 unspecified atom stereocenters. The van der Waals surface area contributed by atoms with Crippen LogP contribution in [0.15, 0.2) is 72.8 Å². The fourth-order valence-corrected chi connectivity index (χ4v) is 3.39. The van der Waals surface area contributed by atoms with Crippen LogP contribution in [0, 0.1) is 13.8 Å². The Morgan fingerprint density at radius 3 is 2.46 bits per heavy atom. The number of para-hydroxylation sites is 2. The lowest BCUT2D eigenvalue weighted by atomic mass is 10.0. The minimum Gasteiger partial charge on any atom is -0.380 e. The minimum absolute atomic E-state index is 0.679. The van der Waals surface area contributed by atoms with Crippen LogP contribution in [0.25, 0.3) is 11.0 Å². The van der Waals surface area contributed by atoms with Gasteiger partial charge in [-0.25, -0.2) is 4.98 Å². The highest BCUT2D eigenvalue weighted by Crippen LogP contribution is 2.27. The Morgan fingerprint density at radius 2 is 1.65 bits per heavy atom. The van der Waals surface area contributed by atoms with Gasteiger partial charge in [-0.15, -0.1) is 0 Å². The molecule has 1 aromatic heterocycles. The summed E-state index contributed by atoms with van der Waals surface area (Å²) >= 11 is 0. The van der Waals surface area contributed by atoms with Gasteiger partial charge in [0.1, 0.15) is 11.9 Å². The van der Waals surface area contributed by atoms with E-state index in [2.05, 4.69) is 42.7 Å². The van der Waals surface area contributed by atoms with Crippen LogP contribution in [0.2, 0.25) is 0 Å². The third-order valence-corrected chi connectivity index (χ3v) is 4.88. The number of benzene rings is 3. The molecule has 3 nitrogen and oxygen atoms in total. The fraction of sp³-hybridized carbons (Fsp3) is 0.174. The molecule has 3 heteroatoms. The second-order valence-electron chi connectivity index (χ2n) is 6.79. The molecule has 0 aliphatic rings. The van der Waals surface area contributed by atoms with Gasteiger partial charge in [-0.2, -0.15) is 0 Å². The Bertz CT molecular complexity index is 1050. The molecule has 0 amide bonds. The summed E-state index contributed by atoms with van der Waals surface area (Å²) in [6.07, 6.45) is -0.756. The average Bonchev–Trinajstić information content (AvgIpc) is 3.03. The number of aliphatic hydroxyl groups is 1. The van der Waals surface area contributed by atoms with Crippen LogP contribution < -0.4 is 0 Å². The van der Waals surface area contributed by atoms with Gasteiger partial charge >= 0.3 is 0 Å². The average molecular weight is 342 g/mol. The van der Waals surface area contributed by atoms with Crippen molar-refractivity contribution < 1.29 is 5.11 Å². The smallest absolute Gasteiger partial charge is 0.143 e. The molecule has 0 aliphatic heterocycles. The van der Waals surface area contributed by atoms with Crippen molar-refractivity contribution in [1.82, 2.24) is 9.55 Å². The number of hydrogen-bond donors (Lipinski definition) is 1. The molecule has 4 aromatic rings. The van der Waals surface area contributed by atoms with Crippen molar-refractivity contribution in [2.24, 2.45) is 0 Å². The summed E-state index contributed by atoms with van der Waals surface area (Å²) in [6, 6.07) is 24.3. The van der Waals surface area contributed by atoms with Gasteiger partial charge in [-0.3, -0.25) is 0 Å². The molecule has 0 bridgehead atoms. The molecule has 0 saturated heterocycles. The zero-order valence-corrected chi connectivity index (χ0v) is 15.1. The third-order valence-electron chi connectivity index (χ3n) is 4.88. The summed E-state index contributed by atoms with van der Waals surface area (Å²) in [5, 5.41) is 11.0. The van der Waals surface area contributed by atoms with Gasteiger partial charge in [0.2, 0.25) is 0 Å². The van der Waals surface area contributed by atoms with E-state index in [1.807, 2.05) is 48.5 Å². The second-order valence-corrected chi connectivity index (χ2v) is 6.79. The molecule has 1 atom stereocenters. The van der Waals surface area contributed by atoms with Crippen LogP contribution in [-0.2, 0) is 6.54 Å². The Hall–Kier alpha value is -2.91. The highest BCUT2D eigenvalue weighted by molar-refractivity contribution is 5.76. The van der Waals surface area contributed by atoms with Gasteiger partial charge < -0.3 is 9.67 Å². The van der Waals surface area contributed by atoms with Gasteiger partial charge in [0, 0.05) is 6.54 Å². The molecule has 4 rings (SSSR count). The number of aryl methyl sites for hydroxylation is 2. The molecule has 0 saturated carbocycles. The molecular formula is C23H22N2O. The summed E-state index contributed by atoms with van der Waals surface area (Å²) in [6.45, 7) is 4.92. The van der Waals surface area contributed by atoms with Crippen molar-refractivity contribution >= 4 is 11.0 Å². The van der Waals surface area contributed by atoms with Crippen molar-refractivity contribution in [1.29, 1.82) is 0 Å². The largest absolute Gasteiger partial charge is 0.380 e. The number of nitrogens with zero attached hydrogens (tertiary/aromatic N) is 2. The first-order valence-electron chi connectivity index (χ1n) is 8.88. The second kappa shape index (κ2) is 6.77. The van der Waals surface area contributed by atoms with Crippen molar-refractivity contribution in [2.45, 2.75) is 26.5 Å². The summed E-state index contributed by atoms with van der Waals surface area (Å²) in [5.74, 6) is 0.679. The normalized spacial score (nSPS) is 12.4. The van der Waals surface area contributed by atoms with E-state index < -0.39 is 6.10 Å². The van der Waals surface area contributed by atoms with E-state index >= 15 is 0 Å². The predicted octanol–water partition coefficient (Wildman–Crippen LogP) is 4.78. The lowest BCUT2D eigenvalue weighted by molar-refractivity contribution is 0.206. The Morgan fingerprint density at radius 1 is 0.923 bits per heavy atom. The van der Waals surface area contributed by atoms with E-state index in [1.54, 1.807) is 0 Å². The minimum atomic E-state index is -0.756. The number of aromatic nitrogens is 2. The maximum atomic E-state index is 11.0. The number of hydrogen-bond acceptors (Lipinski definition) is 2. The van der Waals surface area contributed by atoms with Gasteiger partial charge in [-0.05, 0) is 42.7 Å². The monoisotopic (exact) mass is 342 g/mol. The molecule has 26 heavy (non-hydrogen) atoms. The standard InChI is InChI=1S/C23H22N2O/c1-16-12-13-17(2)19(14-16)15-25-21-11-7-6-10-20(21)24-23(25)22(26)18-8-4-3-5-9-18/h3-14,22,26H,15H2,1-2H3/t22-/m1/s1. The number of rotatable bonds is 4. The third kappa shape index (κ3) is 3.02. The quantitative estimate of drug-likeness (QED) is 0.579. The van der Waals surface area contributed by atoms with E-state index in [0.29, 0.717) is 12.4 Å². The van der Waals surface area contributed by atoms with E-state index in [1.165, 1.54) is 16.7 Å². The van der Waals surface area contributed by atoms with Crippen LogP contribution in [-0.4, -0.2) is 14.7 Å². The molecule has 0 radical (unpaired) electrons. The van der Waals surface area contributed by atoms with Crippen molar-refractivity contribution in [3.8, 4) is 0 Å². The SMILES string of the molecule is Cc1ccc(C)c(Cn2c([C@H](O)c3ccccc3)nc3ccccc32)c1. The van der Waals surface area contributed by atoms with Gasteiger partial charge in [0.15, 0.2) is 0 Å². The molecule has 0 fully saturated rings. The van der Waals surface area contributed by atoms with Gasteiger partial charge in [-0.1, -0.05) is 66.2 Å². The van der Waals surface area contributed by atoms with E-state index in [0.717, 1.165) is 16.6 Å². The van der Waals surface area contributed by atoms with Crippen LogP contribution in [0.3, 0.4) is 0 Å². The van der Waals surface area contributed by atoms with Crippen molar-refractivity contribution in [2.75, 3.05) is 0 Å². The van der Waals surface area contributed by atoms with Crippen molar-refractivity contribution in [3.63, 3.8) is 0 Å². The first-order chi connectivity index (χ1) is 12.6. The summed E-state index contributed by atoms with van der Waals surface area (Å²) in [7, 11) is 0. The molecule has 1 heterocycles. The van der Waals surface area contributed by atoms with Gasteiger partial charge in [0.25, 0.3) is 0 Å². The lowest BCUT2D eigenvalue weighted by Crippen LogP contribution is -2.11. The summed E-state index contributed by atoms with van der Waals surface area (Å²) in [5.41, 5.74) is 6.52. The first-order valence-corrected chi connectivity index (χ1v) is 8.88. The number of imidazole rings is 1. The predicted molar refractivity (Wildman–Crippen MR) is 105 cm³/mol. The highest BCUT2D eigenvalue weighted by Gasteiger charge is 2.20. The van der Waals surface area contributed by atoms with E-state index in [-0.39, 0.29) is 0 Å².